The lowest BCUT2D eigenvalue weighted by molar-refractivity contribution is -0.161. The molecular formula is C83H162O17P2. The number of ether oxygens (including phenoxy) is 4. The van der Waals surface area contributed by atoms with Crippen molar-refractivity contribution in [2.45, 2.75) is 446 Å². The molecule has 0 saturated carbocycles. The van der Waals surface area contributed by atoms with Crippen molar-refractivity contribution >= 4 is 39.5 Å². The normalized spacial score (nSPS) is 14.8. The Balaban J connectivity index is 5.28. The summed E-state index contributed by atoms with van der Waals surface area (Å²) >= 11 is 0. The molecule has 8 atom stereocenters. The molecular weight excluding hydrogens is 1330 g/mol. The summed E-state index contributed by atoms with van der Waals surface area (Å²) in [6.45, 7) is 14.4. The summed E-state index contributed by atoms with van der Waals surface area (Å²) in [4.78, 5) is 73.2. The van der Waals surface area contributed by atoms with Crippen LogP contribution < -0.4 is 0 Å². The number of aliphatic hydroxyl groups is 1. The van der Waals surface area contributed by atoms with Gasteiger partial charge in [0.25, 0.3) is 0 Å². The molecule has 17 nitrogen and oxygen atoms in total. The van der Waals surface area contributed by atoms with Gasteiger partial charge < -0.3 is 33.8 Å². The van der Waals surface area contributed by atoms with Gasteiger partial charge in [-0.1, -0.05) is 376 Å². The molecule has 19 heteroatoms. The number of carbonyl (C=O) groups is 4. The maximum absolute atomic E-state index is 13.1. The number of hydrogen-bond donors (Lipinski definition) is 3. The molecule has 0 aliphatic heterocycles. The molecule has 0 radical (unpaired) electrons. The highest BCUT2D eigenvalue weighted by Gasteiger charge is 2.30. The van der Waals surface area contributed by atoms with Gasteiger partial charge in [0.1, 0.15) is 19.3 Å². The maximum Gasteiger partial charge on any atom is 0.472 e. The number of carbonyl (C=O) groups excluding carboxylic acids is 4. The number of phosphoric ester groups is 2. The fourth-order valence-corrected chi connectivity index (χ4v) is 14.3. The first kappa shape index (κ1) is 100. The highest BCUT2D eigenvalue weighted by molar-refractivity contribution is 7.47. The van der Waals surface area contributed by atoms with Gasteiger partial charge in [-0.2, -0.15) is 0 Å². The molecule has 0 bridgehead atoms. The van der Waals surface area contributed by atoms with Crippen LogP contribution in [0.5, 0.6) is 0 Å². The zero-order chi connectivity index (χ0) is 75.3. The molecule has 0 fully saturated rings. The third-order valence-corrected chi connectivity index (χ3v) is 22.3. The van der Waals surface area contributed by atoms with Crippen LogP contribution in [0.1, 0.15) is 428 Å². The van der Waals surface area contributed by atoms with Crippen LogP contribution in [0.4, 0.5) is 0 Å². The van der Waals surface area contributed by atoms with E-state index in [9.17, 15) is 43.2 Å². The summed E-state index contributed by atoms with van der Waals surface area (Å²) in [6, 6.07) is 0. The highest BCUT2D eigenvalue weighted by Crippen LogP contribution is 2.45. The van der Waals surface area contributed by atoms with Crippen molar-refractivity contribution in [3.8, 4) is 0 Å². The first-order valence-electron chi connectivity index (χ1n) is 42.8. The van der Waals surface area contributed by atoms with Crippen LogP contribution in [0.25, 0.3) is 0 Å². The molecule has 102 heavy (non-hydrogen) atoms. The van der Waals surface area contributed by atoms with E-state index in [1.807, 2.05) is 0 Å². The van der Waals surface area contributed by atoms with E-state index in [0.717, 1.165) is 114 Å². The third-order valence-electron chi connectivity index (χ3n) is 20.4. The summed E-state index contributed by atoms with van der Waals surface area (Å²) in [7, 11) is -9.93. The minimum atomic E-state index is -4.97. The smallest absolute Gasteiger partial charge is 0.462 e. The first-order chi connectivity index (χ1) is 49.2. The van der Waals surface area contributed by atoms with E-state index in [1.54, 1.807) is 0 Å². The lowest BCUT2D eigenvalue weighted by atomic mass is 9.99. The van der Waals surface area contributed by atoms with Gasteiger partial charge >= 0.3 is 39.5 Å². The van der Waals surface area contributed by atoms with E-state index in [-0.39, 0.29) is 25.7 Å². The monoisotopic (exact) mass is 1490 g/mol. The summed E-state index contributed by atoms with van der Waals surface area (Å²) in [5, 5.41) is 10.7. The fourth-order valence-electron chi connectivity index (χ4n) is 12.7. The minimum absolute atomic E-state index is 0.106. The zero-order valence-corrected chi connectivity index (χ0v) is 69.0. The van der Waals surface area contributed by atoms with Crippen LogP contribution in [0, 0.1) is 23.7 Å². The molecule has 0 amide bonds. The molecule has 0 heterocycles. The van der Waals surface area contributed by atoms with E-state index in [4.69, 9.17) is 37.0 Å². The van der Waals surface area contributed by atoms with Crippen LogP contribution in [-0.2, 0) is 65.4 Å². The van der Waals surface area contributed by atoms with Crippen molar-refractivity contribution in [1.29, 1.82) is 0 Å². The quantitative estimate of drug-likeness (QED) is 0.0222. The van der Waals surface area contributed by atoms with Crippen LogP contribution in [-0.4, -0.2) is 96.7 Å². The molecule has 606 valence electrons. The Bertz CT molecular complexity index is 1990. The van der Waals surface area contributed by atoms with Crippen molar-refractivity contribution in [1.82, 2.24) is 0 Å². The fraction of sp³-hybridized carbons (Fsp3) is 0.952. The summed E-state index contributed by atoms with van der Waals surface area (Å²) in [5.41, 5.74) is 0. The van der Waals surface area contributed by atoms with Crippen molar-refractivity contribution in [3.63, 3.8) is 0 Å². The van der Waals surface area contributed by atoms with Crippen molar-refractivity contribution < 1.29 is 80.2 Å². The molecule has 0 aromatic rings. The van der Waals surface area contributed by atoms with Gasteiger partial charge in [-0.3, -0.25) is 37.3 Å². The number of esters is 4. The number of unbranched alkanes of at least 4 members (excludes halogenated alkanes) is 43. The predicted octanol–water partition coefficient (Wildman–Crippen LogP) is 24.8. The summed E-state index contributed by atoms with van der Waals surface area (Å²) < 4.78 is 68.8. The van der Waals surface area contributed by atoms with Gasteiger partial charge in [-0.05, 0) is 49.4 Å². The molecule has 0 rings (SSSR count). The highest BCUT2D eigenvalue weighted by atomic mass is 31.2. The van der Waals surface area contributed by atoms with Crippen molar-refractivity contribution in [3.05, 3.63) is 0 Å². The van der Waals surface area contributed by atoms with Gasteiger partial charge in [-0.15, -0.1) is 0 Å². The number of phosphoric acid groups is 2. The molecule has 0 aromatic heterocycles. The second kappa shape index (κ2) is 72.0. The van der Waals surface area contributed by atoms with Gasteiger partial charge in [-0.25, -0.2) is 9.13 Å². The van der Waals surface area contributed by atoms with Gasteiger partial charge in [0.2, 0.25) is 0 Å². The molecule has 5 unspecified atom stereocenters. The Morgan fingerprint density at radius 1 is 0.275 bits per heavy atom. The van der Waals surface area contributed by atoms with Crippen molar-refractivity contribution in [2.24, 2.45) is 23.7 Å². The lowest BCUT2D eigenvalue weighted by Crippen LogP contribution is -2.30. The largest absolute Gasteiger partial charge is 0.472 e. The van der Waals surface area contributed by atoms with E-state index >= 15 is 0 Å². The Hall–Kier alpha value is -1.94. The molecule has 0 aromatic carbocycles. The average Bonchev–Trinajstić information content (AvgIpc) is 0.938. The van der Waals surface area contributed by atoms with Crippen molar-refractivity contribution in [2.75, 3.05) is 39.6 Å². The molecule has 0 saturated heterocycles. The van der Waals surface area contributed by atoms with Gasteiger partial charge in [0, 0.05) is 25.7 Å². The Kier molecular flexibility index (Phi) is 70.6. The summed E-state index contributed by atoms with van der Waals surface area (Å²) in [5.74, 6) is 1.12. The lowest BCUT2D eigenvalue weighted by Gasteiger charge is -2.21. The zero-order valence-electron chi connectivity index (χ0n) is 67.2. The van der Waals surface area contributed by atoms with E-state index in [0.29, 0.717) is 25.7 Å². The van der Waals surface area contributed by atoms with Crippen LogP contribution in [0.15, 0.2) is 0 Å². The Morgan fingerprint density at radius 2 is 0.471 bits per heavy atom. The second-order valence-electron chi connectivity index (χ2n) is 31.1. The number of aliphatic hydroxyl groups excluding tert-OH is 1. The third kappa shape index (κ3) is 72.3. The Morgan fingerprint density at radius 3 is 0.696 bits per heavy atom. The topological polar surface area (TPSA) is 237 Å². The SMILES string of the molecule is CCC(C)CCCCCCCCCCCCCCCCC(=O)OC[C@H](COP(=O)(O)OC[C@@H](O)COP(=O)(O)OC[C@@H](COC(=O)CCCCCCCCCCC(C)CC)OC(=O)CCCCCCCCCCCCC(C)CC)OC(=O)CCCCCCCCCCCCCCCCCC(C)C. The Labute approximate surface area is 626 Å². The molecule has 0 spiro atoms. The second-order valence-corrected chi connectivity index (χ2v) is 34.0. The average molecular weight is 1490 g/mol. The first-order valence-corrected chi connectivity index (χ1v) is 45.8. The standard InChI is InChI=1S/C83H162O17P2/c1-9-74(6)60-52-44-36-28-22-18-15-16-19-23-30-39-47-55-63-80(85)93-69-78(99-82(87)65-57-49-41-31-24-20-14-12-13-17-21-27-35-43-51-59-73(4)5)71-97-101(89,90)95-67-77(84)68-96-102(91,92)98-72-79(70-94-81(86)64-56-48-40-34-33-38-46-54-62-76(8)11-3)100-83(88)66-58-50-42-32-26-25-29-37-45-53-61-75(7)10-2/h73-79,84H,9-72H2,1-8H3,(H,89,90)(H,91,92)/t74?,75?,76?,77-,78-,79-/m1/s1. The number of hydrogen-bond acceptors (Lipinski definition) is 15. The molecule has 3 N–H and O–H groups in total. The maximum atomic E-state index is 13.1. The van der Waals surface area contributed by atoms with E-state index < -0.39 is 97.5 Å². The minimum Gasteiger partial charge on any atom is -0.462 e. The van der Waals surface area contributed by atoms with Gasteiger partial charge in [0.15, 0.2) is 12.2 Å². The van der Waals surface area contributed by atoms with E-state index in [1.165, 1.54) is 231 Å². The number of rotatable bonds is 80. The summed E-state index contributed by atoms with van der Waals surface area (Å²) in [6.07, 6.45) is 59.4. The molecule has 0 aliphatic carbocycles. The van der Waals surface area contributed by atoms with Crippen LogP contribution in [0.3, 0.4) is 0 Å². The van der Waals surface area contributed by atoms with Gasteiger partial charge in [0.05, 0.1) is 26.4 Å². The predicted molar refractivity (Wildman–Crippen MR) is 418 cm³/mol. The van der Waals surface area contributed by atoms with Crippen LogP contribution in [0.2, 0.25) is 0 Å². The van der Waals surface area contributed by atoms with E-state index in [2.05, 4.69) is 55.4 Å². The van der Waals surface area contributed by atoms with Crippen LogP contribution >= 0.6 is 15.6 Å². The molecule has 0 aliphatic rings.